The van der Waals surface area contributed by atoms with Crippen LogP contribution in [0.4, 0.5) is 0 Å². The molecule has 0 amide bonds. The molecule has 0 aliphatic rings. The summed E-state index contributed by atoms with van der Waals surface area (Å²) in [6, 6.07) is 42.0. The molecule has 5 aromatic carbocycles. The molecule has 7 aromatic rings. The van der Waals surface area contributed by atoms with E-state index < -0.39 is 0 Å². The molecule has 4 heteroatoms. The molecule has 0 fully saturated rings. The van der Waals surface area contributed by atoms with Gasteiger partial charge in [-0.25, -0.2) is 0 Å². The maximum absolute atomic E-state index is 10.1. The molecule has 0 saturated heterocycles. The minimum absolute atomic E-state index is 0.547. The summed E-state index contributed by atoms with van der Waals surface area (Å²) in [6.07, 6.45) is 4.10. The molecule has 0 aliphatic carbocycles. The Labute approximate surface area is 238 Å². The average molecular weight is 527 g/mol. The Morgan fingerprint density at radius 3 is 1.68 bits per heavy atom. The summed E-state index contributed by atoms with van der Waals surface area (Å²) in [6.45, 7) is 5.95. The maximum Gasteiger partial charge on any atom is 0.0998 e. The molecular formula is C37H26N4. The Balaban J connectivity index is 1.45. The number of rotatable bonds is 5. The van der Waals surface area contributed by atoms with Crippen molar-refractivity contribution in [3.8, 4) is 11.8 Å². The van der Waals surface area contributed by atoms with Crippen LogP contribution in [0, 0.1) is 11.3 Å². The van der Waals surface area contributed by atoms with Crippen LogP contribution in [0.1, 0.15) is 18.1 Å². The summed E-state index contributed by atoms with van der Waals surface area (Å²) >= 11 is 0. The van der Waals surface area contributed by atoms with Crippen LogP contribution in [0.15, 0.2) is 132 Å². The first-order valence-electron chi connectivity index (χ1n) is 13.6. The molecule has 0 aliphatic heterocycles. The van der Waals surface area contributed by atoms with E-state index in [1.165, 1.54) is 21.5 Å². The van der Waals surface area contributed by atoms with E-state index in [1.54, 1.807) is 0 Å². The van der Waals surface area contributed by atoms with E-state index in [2.05, 4.69) is 136 Å². The number of benzene rings is 5. The van der Waals surface area contributed by atoms with Crippen molar-refractivity contribution in [2.45, 2.75) is 6.92 Å². The quantitative estimate of drug-likeness (QED) is 0.163. The van der Waals surface area contributed by atoms with Crippen molar-refractivity contribution in [3.63, 3.8) is 0 Å². The number of nitriles is 1. The predicted molar refractivity (Wildman–Crippen MR) is 172 cm³/mol. The summed E-state index contributed by atoms with van der Waals surface area (Å²) in [5.74, 6) is 0. The minimum atomic E-state index is 0.547. The molecule has 4 nitrogen and oxygen atoms in total. The number of fused-ring (bicyclic) bond motifs is 6. The van der Waals surface area contributed by atoms with Gasteiger partial charge in [0.2, 0.25) is 0 Å². The molecule has 194 valence electrons. The highest BCUT2D eigenvalue weighted by atomic mass is 15.0. The minimum Gasteiger partial charge on any atom is -0.310 e. The van der Waals surface area contributed by atoms with Gasteiger partial charge >= 0.3 is 0 Å². The van der Waals surface area contributed by atoms with Gasteiger partial charge in [-0.15, -0.1) is 0 Å². The lowest BCUT2D eigenvalue weighted by atomic mass is 10.0. The Morgan fingerprint density at radius 2 is 1.20 bits per heavy atom. The zero-order valence-corrected chi connectivity index (χ0v) is 22.6. The molecular weight excluding hydrogens is 500 g/mol. The van der Waals surface area contributed by atoms with Gasteiger partial charge in [-0.2, -0.15) is 5.26 Å². The van der Waals surface area contributed by atoms with Gasteiger partial charge in [0.05, 0.1) is 39.4 Å². The summed E-state index contributed by atoms with van der Waals surface area (Å²) in [5, 5.41) is 14.9. The van der Waals surface area contributed by atoms with Crippen LogP contribution in [0.3, 0.4) is 0 Å². The standard InChI is InChI=1S/C37H26N4/c1-3-26(40-34-16-8-4-12-28(34)29-13-5-9-17-35(29)40)23-33(39-2)32-22-27(21-20-25(32)24-38)41-36-18-10-6-14-30(36)31-15-7-11-19-37(31)41/h3-23H,2H2,1H3/b26-3+,33-23-. The van der Waals surface area contributed by atoms with E-state index >= 15 is 0 Å². The molecule has 0 atom stereocenters. The largest absolute Gasteiger partial charge is 0.310 e. The first kappa shape index (κ1) is 24.4. The zero-order chi connectivity index (χ0) is 27.9. The lowest BCUT2D eigenvalue weighted by Gasteiger charge is -2.14. The van der Waals surface area contributed by atoms with Gasteiger partial charge in [0.1, 0.15) is 0 Å². The van der Waals surface area contributed by atoms with Crippen molar-refractivity contribution in [2.24, 2.45) is 4.99 Å². The molecule has 2 heterocycles. The lowest BCUT2D eigenvalue weighted by molar-refractivity contribution is 1.17. The zero-order valence-electron chi connectivity index (χ0n) is 22.6. The molecule has 0 saturated carbocycles. The highest BCUT2D eigenvalue weighted by Gasteiger charge is 2.16. The normalized spacial score (nSPS) is 12.4. The Hall–Kier alpha value is -5.66. The van der Waals surface area contributed by atoms with Crippen LogP contribution in [0.2, 0.25) is 0 Å². The van der Waals surface area contributed by atoms with E-state index in [4.69, 9.17) is 0 Å². The monoisotopic (exact) mass is 526 g/mol. The first-order valence-corrected chi connectivity index (χ1v) is 13.6. The van der Waals surface area contributed by atoms with Gasteiger partial charge in [-0.3, -0.25) is 4.99 Å². The fourth-order valence-electron chi connectivity index (χ4n) is 6.01. The second-order valence-corrected chi connectivity index (χ2v) is 9.98. The molecule has 0 radical (unpaired) electrons. The third kappa shape index (κ3) is 3.79. The third-order valence-corrected chi connectivity index (χ3v) is 7.83. The second-order valence-electron chi connectivity index (χ2n) is 9.98. The van der Waals surface area contributed by atoms with E-state index in [1.807, 2.05) is 25.1 Å². The van der Waals surface area contributed by atoms with Gasteiger partial charge in [0.15, 0.2) is 0 Å². The molecule has 0 spiro atoms. The van der Waals surface area contributed by atoms with Gasteiger partial charge in [0, 0.05) is 38.5 Å². The van der Waals surface area contributed by atoms with Crippen LogP contribution in [-0.4, -0.2) is 15.9 Å². The molecule has 0 bridgehead atoms. The highest BCUT2D eigenvalue weighted by Crippen LogP contribution is 2.36. The highest BCUT2D eigenvalue weighted by molar-refractivity contribution is 6.11. The summed E-state index contributed by atoms with van der Waals surface area (Å²) in [5.41, 5.74) is 8.29. The second kappa shape index (κ2) is 9.82. The smallest absolute Gasteiger partial charge is 0.0998 e. The number of aliphatic imine (C=N–C) groups is 1. The van der Waals surface area contributed by atoms with Crippen molar-refractivity contribution in [1.82, 2.24) is 9.13 Å². The van der Waals surface area contributed by atoms with Crippen LogP contribution >= 0.6 is 0 Å². The number of nitrogens with zero attached hydrogens (tertiary/aromatic N) is 4. The van der Waals surface area contributed by atoms with E-state index in [0.29, 0.717) is 11.3 Å². The topological polar surface area (TPSA) is 46.0 Å². The summed E-state index contributed by atoms with van der Waals surface area (Å²) in [4.78, 5) is 4.47. The number of hydrogen-bond donors (Lipinski definition) is 0. The molecule has 41 heavy (non-hydrogen) atoms. The van der Waals surface area contributed by atoms with E-state index in [-0.39, 0.29) is 0 Å². The van der Waals surface area contributed by atoms with Crippen molar-refractivity contribution in [1.29, 1.82) is 5.26 Å². The van der Waals surface area contributed by atoms with Crippen molar-refractivity contribution < 1.29 is 0 Å². The van der Waals surface area contributed by atoms with Gasteiger partial charge < -0.3 is 9.13 Å². The van der Waals surface area contributed by atoms with E-state index in [0.717, 1.165) is 39.0 Å². The Bertz CT molecular complexity index is 2140. The number of aromatic nitrogens is 2. The molecule has 0 unspecified atom stereocenters. The van der Waals surface area contributed by atoms with Crippen molar-refractivity contribution in [2.75, 3.05) is 0 Å². The average Bonchev–Trinajstić information content (AvgIpc) is 3.55. The van der Waals surface area contributed by atoms with Gasteiger partial charge in [0.25, 0.3) is 0 Å². The van der Waals surface area contributed by atoms with Crippen molar-refractivity contribution >= 4 is 61.7 Å². The number of para-hydroxylation sites is 4. The van der Waals surface area contributed by atoms with Crippen LogP contribution in [0.5, 0.6) is 0 Å². The fourth-order valence-corrected chi connectivity index (χ4v) is 6.01. The van der Waals surface area contributed by atoms with E-state index in [9.17, 15) is 5.26 Å². The van der Waals surface area contributed by atoms with Gasteiger partial charge in [-0.1, -0.05) is 78.9 Å². The fraction of sp³-hybridized carbons (Fsp3) is 0.0270. The molecule has 2 aromatic heterocycles. The summed E-state index contributed by atoms with van der Waals surface area (Å²) in [7, 11) is 0. The summed E-state index contributed by atoms with van der Waals surface area (Å²) < 4.78 is 4.50. The predicted octanol–water partition coefficient (Wildman–Crippen LogP) is 9.37. The molecule has 0 N–H and O–H groups in total. The molecule has 7 rings (SSSR count). The van der Waals surface area contributed by atoms with Crippen LogP contribution in [0.25, 0.3) is 60.7 Å². The van der Waals surface area contributed by atoms with Crippen LogP contribution < -0.4 is 0 Å². The Morgan fingerprint density at radius 1 is 0.707 bits per heavy atom. The SMILES string of the molecule is C=N/C(=C\C(=C/C)n1c2ccccc2c2ccccc21)c1cc(-n2c3ccccc3c3ccccc32)ccc1C#N. The Kier molecular flexibility index (Phi) is 5.84. The number of allylic oxidation sites excluding steroid dienone is 3. The third-order valence-electron chi connectivity index (χ3n) is 7.83. The lowest BCUT2D eigenvalue weighted by Crippen LogP contribution is -1.99. The first-order chi connectivity index (χ1) is 20.2. The maximum atomic E-state index is 10.1. The van der Waals surface area contributed by atoms with Crippen LogP contribution in [-0.2, 0) is 0 Å². The van der Waals surface area contributed by atoms with Crippen molar-refractivity contribution in [3.05, 3.63) is 139 Å². The van der Waals surface area contributed by atoms with Gasteiger partial charge in [-0.05, 0) is 62.2 Å². The number of hydrogen-bond acceptors (Lipinski definition) is 2.